The number of hydrogen-bond donors (Lipinski definition) is 2. The zero-order valence-corrected chi connectivity index (χ0v) is 13.4. The maximum absolute atomic E-state index is 4.65. The summed E-state index contributed by atoms with van der Waals surface area (Å²) in [5.74, 6) is 2.90. The number of aromatic nitrogens is 3. The van der Waals surface area contributed by atoms with Gasteiger partial charge in [0.2, 0.25) is 0 Å². The molecule has 0 aromatic carbocycles. The number of pyridine rings is 1. The molecule has 0 aliphatic carbocycles. The van der Waals surface area contributed by atoms with Crippen molar-refractivity contribution >= 4 is 11.6 Å². The van der Waals surface area contributed by atoms with Gasteiger partial charge in [-0.2, -0.15) is 0 Å². The van der Waals surface area contributed by atoms with Crippen LogP contribution in [-0.4, -0.2) is 22.0 Å². The van der Waals surface area contributed by atoms with E-state index in [1.165, 1.54) is 11.1 Å². The van der Waals surface area contributed by atoms with Gasteiger partial charge in [0, 0.05) is 37.5 Å². The molecule has 0 spiro atoms. The molecule has 0 unspecified atom stereocenters. The van der Waals surface area contributed by atoms with Crippen molar-refractivity contribution in [3.63, 3.8) is 0 Å². The van der Waals surface area contributed by atoms with Crippen molar-refractivity contribution in [1.82, 2.24) is 15.0 Å². The zero-order chi connectivity index (χ0) is 15.4. The van der Waals surface area contributed by atoms with E-state index in [-0.39, 0.29) is 0 Å². The molecule has 2 N–H and O–H groups in total. The minimum atomic E-state index is 0.293. The van der Waals surface area contributed by atoms with E-state index in [4.69, 9.17) is 0 Å². The first-order chi connectivity index (χ1) is 10.0. The van der Waals surface area contributed by atoms with Gasteiger partial charge in [-0.1, -0.05) is 13.8 Å². The lowest BCUT2D eigenvalue weighted by molar-refractivity contribution is 0.773. The number of nitrogens with one attached hydrogen (secondary N) is 2. The average Bonchev–Trinajstić information content (AvgIpc) is 2.47. The monoisotopic (exact) mass is 285 g/mol. The van der Waals surface area contributed by atoms with Crippen LogP contribution in [0.1, 0.15) is 42.3 Å². The molecule has 2 aromatic rings. The first kappa shape index (κ1) is 15.2. The SMILES string of the molecule is CNc1nc(C(C)C)nc(NCc2ccncc2C)c1C. The van der Waals surface area contributed by atoms with E-state index in [1.54, 1.807) is 0 Å². The van der Waals surface area contributed by atoms with E-state index in [0.717, 1.165) is 29.6 Å². The third-order valence-corrected chi connectivity index (χ3v) is 3.50. The Balaban J connectivity index is 2.27. The molecule has 2 rings (SSSR count). The summed E-state index contributed by atoms with van der Waals surface area (Å²) in [5, 5.41) is 6.56. The molecule has 112 valence electrons. The molecule has 0 aliphatic rings. The molecule has 2 aromatic heterocycles. The van der Waals surface area contributed by atoms with Crippen LogP contribution in [-0.2, 0) is 6.54 Å². The van der Waals surface area contributed by atoms with Crippen LogP contribution < -0.4 is 10.6 Å². The highest BCUT2D eigenvalue weighted by Gasteiger charge is 2.12. The number of hydrogen-bond acceptors (Lipinski definition) is 5. The summed E-state index contributed by atoms with van der Waals surface area (Å²) in [6.45, 7) is 9.02. The molecule has 2 heterocycles. The minimum Gasteiger partial charge on any atom is -0.373 e. The second-order valence-corrected chi connectivity index (χ2v) is 5.46. The minimum absolute atomic E-state index is 0.293. The van der Waals surface area contributed by atoms with Crippen molar-refractivity contribution in [1.29, 1.82) is 0 Å². The fraction of sp³-hybridized carbons (Fsp3) is 0.438. The predicted octanol–water partition coefficient (Wildman–Crippen LogP) is 3.27. The van der Waals surface area contributed by atoms with E-state index in [0.29, 0.717) is 5.92 Å². The second-order valence-electron chi connectivity index (χ2n) is 5.46. The Kier molecular flexibility index (Phi) is 4.73. The Morgan fingerprint density at radius 2 is 1.86 bits per heavy atom. The molecular formula is C16H23N5. The first-order valence-corrected chi connectivity index (χ1v) is 7.22. The highest BCUT2D eigenvalue weighted by molar-refractivity contribution is 5.57. The third kappa shape index (κ3) is 3.48. The molecular weight excluding hydrogens is 262 g/mol. The van der Waals surface area contributed by atoms with Crippen molar-refractivity contribution < 1.29 is 0 Å². The summed E-state index contributed by atoms with van der Waals surface area (Å²) in [5.41, 5.74) is 3.43. The van der Waals surface area contributed by atoms with Gasteiger partial charge >= 0.3 is 0 Å². The molecule has 0 amide bonds. The molecule has 5 nitrogen and oxygen atoms in total. The summed E-state index contributed by atoms with van der Waals surface area (Å²) in [6, 6.07) is 2.03. The van der Waals surface area contributed by atoms with Gasteiger partial charge in [-0.05, 0) is 31.0 Å². The van der Waals surface area contributed by atoms with Crippen molar-refractivity contribution in [3.8, 4) is 0 Å². The highest BCUT2D eigenvalue weighted by atomic mass is 15.1. The van der Waals surface area contributed by atoms with Crippen molar-refractivity contribution in [3.05, 3.63) is 41.0 Å². The Labute approximate surface area is 126 Å². The van der Waals surface area contributed by atoms with E-state index in [1.807, 2.05) is 32.4 Å². The maximum Gasteiger partial charge on any atom is 0.135 e. The number of anilines is 2. The lowest BCUT2D eigenvalue weighted by Gasteiger charge is -2.15. The van der Waals surface area contributed by atoms with Crippen LogP contribution in [0.5, 0.6) is 0 Å². The van der Waals surface area contributed by atoms with Crippen LogP contribution >= 0.6 is 0 Å². The van der Waals surface area contributed by atoms with Crippen LogP contribution in [0.15, 0.2) is 18.5 Å². The van der Waals surface area contributed by atoms with Crippen LogP contribution in [0.2, 0.25) is 0 Å². The Morgan fingerprint density at radius 3 is 2.48 bits per heavy atom. The van der Waals surface area contributed by atoms with Crippen LogP contribution in [0.25, 0.3) is 0 Å². The third-order valence-electron chi connectivity index (χ3n) is 3.50. The van der Waals surface area contributed by atoms with E-state index in [9.17, 15) is 0 Å². The van der Waals surface area contributed by atoms with E-state index in [2.05, 4.69) is 46.4 Å². The quantitative estimate of drug-likeness (QED) is 0.883. The maximum atomic E-state index is 4.65. The van der Waals surface area contributed by atoms with Gasteiger partial charge in [0.15, 0.2) is 0 Å². The highest BCUT2D eigenvalue weighted by Crippen LogP contribution is 2.23. The Morgan fingerprint density at radius 1 is 1.14 bits per heavy atom. The molecule has 5 heteroatoms. The number of rotatable bonds is 5. The Hall–Kier alpha value is -2.17. The van der Waals surface area contributed by atoms with E-state index >= 15 is 0 Å². The van der Waals surface area contributed by atoms with Crippen LogP contribution in [0, 0.1) is 13.8 Å². The van der Waals surface area contributed by atoms with Gasteiger partial charge in [-0.3, -0.25) is 4.98 Å². The smallest absolute Gasteiger partial charge is 0.135 e. The summed E-state index contributed by atoms with van der Waals surface area (Å²) < 4.78 is 0. The lowest BCUT2D eigenvalue weighted by Crippen LogP contribution is -2.11. The predicted molar refractivity (Wildman–Crippen MR) is 86.7 cm³/mol. The molecule has 0 radical (unpaired) electrons. The molecule has 0 saturated heterocycles. The lowest BCUT2D eigenvalue weighted by atomic mass is 10.1. The van der Waals surface area contributed by atoms with Gasteiger partial charge < -0.3 is 10.6 Å². The van der Waals surface area contributed by atoms with Gasteiger partial charge in [-0.15, -0.1) is 0 Å². The van der Waals surface area contributed by atoms with E-state index < -0.39 is 0 Å². The molecule has 21 heavy (non-hydrogen) atoms. The van der Waals surface area contributed by atoms with Gasteiger partial charge in [0.25, 0.3) is 0 Å². The van der Waals surface area contributed by atoms with Crippen molar-refractivity contribution in [2.24, 2.45) is 0 Å². The fourth-order valence-electron chi connectivity index (χ4n) is 2.09. The zero-order valence-electron chi connectivity index (χ0n) is 13.4. The molecule has 0 bridgehead atoms. The van der Waals surface area contributed by atoms with Gasteiger partial charge in [0.1, 0.15) is 17.5 Å². The van der Waals surface area contributed by atoms with Crippen LogP contribution in [0.4, 0.5) is 11.6 Å². The summed E-state index contributed by atoms with van der Waals surface area (Å²) in [4.78, 5) is 13.3. The summed E-state index contributed by atoms with van der Waals surface area (Å²) >= 11 is 0. The molecule has 0 saturated carbocycles. The summed E-state index contributed by atoms with van der Waals surface area (Å²) in [6.07, 6.45) is 3.69. The fourth-order valence-corrected chi connectivity index (χ4v) is 2.09. The second kappa shape index (κ2) is 6.52. The number of aryl methyl sites for hydroxylation is 1. The number of nitrogens with zero attached hydrogens (tertiary/aromatic N) is 3. The topological polar surface area (TPSA) is 62.7 Å². The van der Waals surface area contributed by atoms with Crippen molar-refractivity contribution in [2.75, 3.05) is 17.7 Å². The Bertz CT molecular complexity index is 622. The molecule has 0 aliphatic heterocycles. The average molecular weight is 285 g/mol. The normalized spacial score (nSPS) is 10.8. The van der Waals surface area contributed by atoms with Gasteiger partial charge in [-0.25, -0.2) is 9.97 Å². The first-order valence-electron chi connectivity index (χ1n) is 7.22. The van der Waals surface area contributed by atoms with Crippen molar-refractivity contribution in [2.45, 2.75) is 40.2 Å². The van der Waals surface area contributed by atoms with Gasteiger partial charge in [0.05, 0.1) is 0 Å². The summed E-state index contributed by atoms with van der Waals surface area (Å²) in [7, 11) is 1.89. The molecule has 0 fully saturated rings. The van der Waals surface area contributed by atoms with Crippen LogP contribution in [0.3, 0.4) is 0 Å². The largest absolute Gasteiger partial charge is 0.373 e. The standard InChI is InChI=1S/C16H23N5/c1-10(2)14-20-15(17-5)12(4)16(21-14)19-9-13-6-7-18-8-11(13)3/h6-8,10H,9H2,1-5H3,(H2,17,19,20,21). The molecule has 0 atom stereocenters.